The van der Waals surface area contributed by atoms with E-state index in [2.05, 4.69) is 55.1 Å². The molecule has 1 heterocycles. The van der Waals surface area contributed by atoms with Crippen molar-refractivity contribution in [3.63, 3.8) is 0 Å². The first-order chi connectivity index (χ1) is 13.1. The van der Waals surface area contributed by atoms with Gasteiger partial charge in [-0.15, -0.1) is 0 Å². The quantitative estimate of drug-likeness (QED) is 0.568. The number of amides is 1. The van der Waals surface area contributed by atoms with Crippen molar-refractivity contribution in [3.05, 3.63) is 53.6 Å². The van der Waals surface area contributed by atoms with Crippen molar-refractivity contribution < 1.29 is 4.79 Å². The predicted molar refractivity (Wildman–Crippen MR) is 116 cm³/mol. The van der Waals surface area contributed by atoms with Gasteiger partial charge in [-0.3, -0.25) is 4.79 Å². The first-order valence-corrected chi connectivity index (χ1v) is 10.7. The molecule has 1 aromatic heterocycles. The van der Waals surface area contributed by atoms with E-state index in [1.165, 1.54) is 5.56 Å². The van der Waals surface area contributed by atoms with Crippen molar-refractivity contribution >= 4 is 18.5 Å². The van der Waals surface area contributed by atoms with Gasteiger partial charge in [0, 0.05) is 31.8 Å². The maximum Gasteiger partial charge on any atom is 0.272 e. The maximum atomic E-state index is 13.3. The lowest BCUT2D eigenvalue weighted by Crippen LogP contribution is -2.35. The van der Waals surface area contributed by atoms with Gasteiger partial charge in [-0.05, 0) is 24.3 Å². The van der Waals surface area contributed by atoms with Gasteiger partial charge < -0.3 is 9.47 Å². The summed E-state index contributed by atoms with van der Waals surface area (Å²) in [7, 11) is 0. The van der Waals surface area contributed by atoms with E-state index in [9.17, 15) is 4.79 Å². The van der Waals surface area contributed by atoms with Crippen LogP contribution in [-0.4, -0.2) is 39.2 Å². The fourth-order valence-electron chi connectivity index (χ4n) is 3.07. The Labute approximate surface area is 169 Å². The van der Waals surface area contributed by atoms with Crippen LogP contribution in [0.1, 0.15) is 61.9 Å². The van der Waals surface area contributed by atoms with Crippen molar-refractivity contribution in [2.45, 2.75) is 53.0 Å². The number of hydrogen-bond donors (Lipinski definition) is 1. The molecule has 0 aliphatic heterocycles. The molecule has 0 aliphatic rings. The van der Waals surface area contributed by atoms with Gasteiger partial charge in [-0.25, -0.2) is 4.98 Å². The molecule has 1 amide bonds. The predicted octanol–water partition coefficient (Wildman–Crippen LogP) is 4.69. The van der Waals surface area contributed by atoms with Crippen molar-refractivity contribution in [2.24, 2.45) is 5.92 Å². The molecule has 27 heavy (non-hydrogen) atoms. The second kappa shape index (κ2) is 11.2. The van der Waals surface area contributed by atoms with Crippen LogP contribution in [0, 0.1) is 5.92 Å². The number of carbonyl (C=O) groups is 1. The molecule has 0 atom stereocenters. The summed E-state index contributed by atoms with van der Waals surface area (Å²) in [6.45, 7) is 8.65. The Kier molecular flexibility index (Phi) is 8.92. The Hall–Kier alpha value is -1.75. The smallest absolute Gasteiger partial charge is 0.272 e. The van der Waals surface area contributed by atoms with Crippen molar-refractivity contribution in [3.8, 4) is 0 Å². The highest BCUT2D eigenvalue weighted by molar-refractivity contribution is 7.80. The largest absolute Gasteiger partial charge is 0.336 e. The summed E-state index contributed by atoms with van der Waals surface area (Å²) in [6.07, 6.45) is 5.84. The van der Waals surface area contributed by atoms with Crippen LogP contribution in [0.3, 0.4) is 0 Å². The number of nitrogens with zero attached hydrogens (tertiary/aromatic N) is 3. The number of imidazole rings is 1. The summed E-state index contributed by atoms with van der Waals surface area (Å²) in [4.78, 5) is 19.8. The van der Waals surface area contributed by atoms with Crippen molar-refractivity contribution in [1.29, 1.82) is 0 Å². The summed E-state index contributed by atoms with van der Waals surface area (Å²) in [6, 6.07) is 10.3. The molecule has 0 saturated carbocycles. The van der Waals surface area contributed by atoms with Gasteiger partial charge in [0.05, 0.1) is 6.20 Å². The van der Waals surface area contributed by atoms with Crippen LogP contribution < -0.4 is 0 Å². The summed E-state index contributed by atoms with van der Waals surface area (Å²) < 4.78 is 2.11. The lowest BCUT2D eigenvalue weighted by molar-refractivity contribution is 0.0748. The van der Waals surface area contributed by atoms with Crippen LogP contribution in [0.15, 0.2) is 36.5 Å². The highest BCUT2D eigenvalue weighted by Crippen LogP contribution is 2.16. The zero-order valence-electron chi connectivity index (χ0n) is 16.9. The number of carbonyl (C=O) groups excluding carboxylic acids is 1. The van der Waals surface area contributed by atoms with Gasteiger partial charge in [0.25, 0.3) is 5.91 Å². The average Bonchev–Trinajstić information content (AvgIpc) is 3.06. The van der Waals surface area contributed by atoms with Crippen LogP contribution in [0.4, 0.5) is 0 Å². The minimum absolute atomic E-state index is 0.0656. The van der Waals surface area contributed by atoms with E-state index in [0.717, 1.165) is 38.1 Å². The molecule has 4 nitrogen and oxygen atoms in total. The number of thiol groups is 1. The minimum atomic E-state index is 0.0656. The second-order valence-electron chi connectivity index (χ2n) is 7.43. The highest BCUT2D eigenvalue weighted by Gasteiger charge is 2.22. The van der Waals surface area contributed by atoms with Crippen LogP contribution in [0.5, 0.6) is 0 Å². The van der Waals surface area contributed by atoms with Gasteiger partial charge in [0.2, 0.25) is 0 Å². The number of unbranched alkanes of at least 4 members (excludes halogenated alkanes) is 1. The topological polar surface area (TPSA) is 38.1 Å². The van der Waals surface area contributed by atoms with E-state index in [4.69, 9.17) is 0 Å². The number of aromatic nitrogens is 2. The Morgan fingerprint density at radius 1 is 1.22 bits per heavy atom. The molecule has 1 aromatic carbocycles. The minimum Gasteiger partial charge on any atom is -0.336 e. The number of rotatable bonds is 11. The molecule has 0 radical (unpaired) electrons. The van der Waals surface area contributed by atoms with Crippen molar-refractivity contribution in [1.82, 2.24) is 14.5 Å². The lowest BCUT2D eigenvalue weighted by atomic mass is 10.1. The fraction of sp³-hybridized carbons (Fsp3) is 0.545. The van der Waals surface area contributed by atoms with Crippen LogP contribution in [-0.2, 0) is 13.0 Å². The van der Waals surface area contributed by atoms with Gasteiger partial charge in [-0.2, -0.15) is 12.6 Å². The Morgan fingerprint density at radius 2 is 1.96 bits per heavy atom. The van der Waals surface area contributed by atoms with E-state index in [-0.39, 0.29) is 5.91 Å². The van der Waals surface area contributed by atoms with E-state index in [1.807, 2.05) is 23.1 Å². The monoisotopic (exact) mass is 387 g/mol. The SMILES string of the molecule is CCCCc1ncc(C(=O)N(CCS)CCC(C)C)n1Cc1ccccc1. The molecule has 0 N–H and O–H groups in total. The molecule has 5 heteroatoms. The van der Waals surface area contributed by atoms with Gasteiger partial charge in [-0.1, -0.05) is 57.5 Å². The summed E-state index contributed by atoms with van der Waals surface area (Å²) in [5.41, 5.74) is 1.88. The first kappa shape index (κ1) is 21.5. The van der Waals surface area contributed by atoms with Crippen LogP contribution in [0.2, 0.25) is 0 Å². The molecule has 0 fully saturated rings. The third-order valence-electron chi connectivity index (χ3n) is 4.73. The summed E-state index contributed by atoms with van der Waals surface area (Å²) in [5.74, 6) is 2.29. The van der Waals surface area contributed by atoms with Gasteiger partial charge in [0.1, 0.15) is 11.5 Å². The highest BCUT2D eigenvalue weighted by atomic mass is 32.1. The molecule has 0 unspecified atom stereocenters. The van der Waals surface area contributed by atoms with Crippen LogP contribution in [0.25, 0.3) is 0 Å². The Morgan fingerprint density at radius 3 is 2.59 bits per heavy atom. The molecule has 0 bridgehead atoms. The second-order valence-corrected chi connectivity index (χ2v) is 7.88. The first-order valence-electron chi connectivity index (χ1n) is 10.0. The molecular formula is C22H33N3OS. The van der Waals surface area contributed by atoms with Gasteiger partial charge in [0.15, 0.2) is 0 Å². The fourth-order valence-corrected chi connectivity index (χ4v) is 3.31. The lowest BCUT2D eigenvalue weighted by Gasteiger charge is -2.23. The molecule has 0 aliphatic carbocycles. The number of hydrogen-bond acceptors (Lipinski definition) is 3. The van der Waals surface area contributed by atoms with E-state index in [1.54, 1.807) is 6.20 Å². The maximum absolute atomic E-state index is 13.3. The van der Waals surface area contributed by atoms with Crippen LogP contribution >= 0.6 is 12.6 Å². The molecule has 2 aromatic rings. The normalized spacial score (nSPS) is 11.1. The summed E-state index contributed by atoms with van der Waals surface area (Å²) >= 11 is 4.35. The Balaban J connectivity index is 2.29. The van der Waals surface area contributed by atoms with Crippen molar-refractivity contribution in [2.75, 3.05) is 18.8 Å². The number of benzene rings is 1. The van der Waals surface area contributed by atoms with E-state index >= 15 is 0 Å². The van der Waals surface area contributed by atoms with Gasteiger partial charge >= 0.3 is 0 Å². The van der Waals surface area contributed by atoms with E-state index in [0.29, 0.717) is 30.5 Å². The molecule has 148 valence electrons. The third-order valence-corrected chi connectivity index (χ3v) is 4.93. The molecular weight excluding hydrogens is 354 g/mol. The molecule has 0 spiro atoms. The molecule has 2 rings (SSSR count). The zero-order valence-corrected chi connectivity index (χ0v) is 17.8. The third kappa shape index (κ3) is 6.42. The molecule has 0 saturated heterocycles. The zero-order chi connectivity index (χ0) is 19.6. The standard InChI is InChI=1S/C22H33N3OS/c1-4-5-11-21-23-16-20(25(21)17-19-9-7-6-8-10-19)22(26)24(14-15-27)13-12-18(2)3/h6-10,16,18,27H,4-5,11-15,17H2,1-3H3. The Bertz CT molecular complexity index is 697. The van der Waals surface area contributed by atoms with E-state index < -0.39 is 0 Å². The average molecular weight is 388 g/mol. The summed E-state index contributed by atoms with van der Waals surface area (Å²) in [5, 5.41) is 0. The number of aryl methyl sites for hydroxylation is 1.